The Kier molecular flexibility index (Phi) is 10.4. The normalized spacial score (nSPS) is 11.7. The molecule has 0 saturated carbocycles. The molecule has 0 atom stereocenters. The van der Waals surface area contributed by atoms with Crippen LogP contribution in [0.3, 0.4) is 0 Å². The third-order valence-corrected chi connectivity index (χ3v) is 4.70. The molecule has 0 aliphatic heterocycles. The van der Waals surface area contributed by atoms with Crippen molar-refractivity contribution in [3.8, 4) is 0 Å². The number of aryl methyl sites for hydroxylation is 1. The van der Waals surface area contributed by atoms with Crippen molar-refractivity contribution < 1.29 is 8.42 Å². The van der Waals surface area contributed by atoms with Crippen LogP contribution in [0.25, 0.3) is 0 Å². The van der Waals surface area contributed by atoms with Gasteiger partial charge in [-0.2, -0.15) is 0 Å². The van der Waals surface area contributed by atoms with Gasteiger partial charge in [-0.1, -0.05) is 36.8 Å². The zero-order chi connectivity index (χ0) is 15.7. The lowest BCUT2D eigenvalue weighted by Gasteiger charge is -2.11. The summed E-state index contributed by atoms with van der Waals surface area (Å²) >= 11 is 0. The molecule has 22 heavy (non-hydrogen) atoms. The van der Waals surface area contributed by atoms with Gasteiger partial charge in [-0.3, -0.25) is 0 Å². The van der Waals surface area contributed by atoms with Crippen molar-refractivity contribution in [3.63, 3.8) is 0 Å². The number of benzene rings is 1. The summed E-state index contributed by atoms with van der Waals surface area (Å²) in [7, 11) is -2.95. The van der Waals surface area contributed by atoms with Gasteiger partial charge in [-0.05, 0) is 19.4 Å². The fraction of sp³-hybridized carbons (Fsp3) is 0.533. The van der Waals surface area contributed by atoms with Crippen molar-refractivity contribution in [3.05, 3.63) is 35.4 Å². The van der Waals surface area contributed by atoms with Crippen LogP contribution in [0.4, 0.5) is 0 Å². The van der Waals surface area contributed by atoms with E-state index in [1.54, 1.807) is 6.92 Å². The van der Waals surface area contributed by atoms with E-state index in [1.807, 2.05) is 32.0 Å². The van der Waals surface area contributed by atoms with E-state index in [4.69, 9.17) is 0 Å². The van der Waals surface area contributed by atoms with Crippen LogP contribution in [-0.4, -0.2) is 39.0 Å². The van der Waals surface area contributed by atoms with Gasteiger partial charge in [0.2, 0.25) is 0 Å². The highest BCUT2D eigenvalue weighted by Gasteiger charge is 2.07. The van der Waals surface area contributed by atoms with Gasteiger partial charge < -0.3 is 10.6 Å². The lowest BCUT2D eigenvalue weighted by Crippen LogP contribution is -2.39. The molecule has 1 aromatic carbocycles. The van der Waals surface area contributed by atoms with Gasteiger partial charge in [0.15, 0.2) is 15.8 Å². The van der Waals surface area contributed by atoms with Crippen LogP contribution in [0, 0.1) is 6.92 Å². The fourth-order valence-corrected chi connectivity index (χ4v) is 2.49. The van der Waals surface area contributed by atoms with Crippen LogP contribution in [0.2, 0.25) is 0 Å². The van der Waals surface area contributed by atoms with E-state index in [-0.39, 0.29) is 35.5 Å². The molecular formula is C15H26IN3O2S. The third kappa shape index (κ3) is 8.57. The Morgan fingerprint density at radius 2 is 1.95 bits per heavy atom. The molecule has 5 nitrogen and oxygen atoms in total. The minimum Gasteiger partial charge on any atom is -0.357 e. The largest absolute Gasteiger partial charge is 0.357 e. The first-order valence-electron chi connectivity index (χ1n) is 7.25. The number of rotatable bonds is 7. The molecule has 2 N–H and O–H groups in total. The Hall–Kier alpha value is -0.830. The number of aliphatic imine (C=N–C) groups is 1. The van der Waals surface area contributed by atoms with Gasteiger partial charge in [0, 0.05) is 18.8 Å². The minimum atomic E-state index is -2.95. The highest BCUT2D eigenvalue weighted by Crippen LogP contribution is 2.04. The Morgan fingerprint density at radius 3 is 2.55 bits per heavy atom. The molecule has 0 heterocycles. The molecule has 0 aliphatic rings. The molecule has 0 aromatic heterocycles. The lowest BCUT2D eigenvalue weighted by molar-refractivity contribution is 0.595. The summed E-state index contributed by atoms with van der Waals surface area (Å²) < 4.78 is 22.9. The minimum absolute atomic E-state index is 0. The van der Waals surface area contributed by atoms with Crippen molar-refractivity contribution >= 4 is 39.8 Å². The predicted octanol–water partition coefficient (Wildman–Crippen LogP) is 2.10. The first-order valence-corrected chi connectivity index (χ1v) is 9.07. The molecule has 0 bridgehead atoms. The Labute approximate surface area is 150 Å². The van der Waals surface area contributed by atoms with E-state index >= 15 is 0 Å². The quantitative estimate of drug-likeness (QED) is 0.388. The average molecular weight is 439 g/mol. The van der Waals surface area contributed by atoms with Gasteiger partial charge in [0.05, 0.1) is 12.3 Å². The molecule has 7 heteroatoms. The van der Waals surface area contributed by atoms with Crippen LogP contribution in [0.5, 0.6) is 0 Å². The molecule has 0 spiro atoms. The summed E-state index contributed by atoms with van der Waals surface area (Å²) in [6.07, 6.45) is 0. The van der Waals surface area contributed by atoms with Crippen LogP contribution >= 0.6 is 24.0 Å². The van der Waals surface area contributed by atoms with Gasteiger partial charge >= 0.3 is 0 Å². The number of nitrogens with one attached hydrogen (secondary N) is 2. The zero-order valence-electron chi connectivity index (χ0n) is 13.4. The highest BCUT2D eigenvalue weighted by molar-refractivity contribution is 14.0. The topological polar surface area (TPSA) is 70.6 Å². The molecule has 0 aliphatic carbocycles. The molecule has 0 unspecified atom stereocenters. The Balaban J connectivity index is 0.00000441. The second-order valence-corrected chi connectivity index (χ2v) is 7.32. The number of nitrogens with zero attached hydrogens (tertiary/aromatic N) is 1. The van der Waals surface area contributed by atoms with Gasteiger partial charge in [-0.15, -0.1) is 24.0 Å². The number of sulfone groups is 1. The van der Waals surface area contributed by atoms with Crippen LogP contribution in [0.1, 0.15) is 25.0 Å². The molecule has 0 fully saturated rings. The van der Waals surface area contributed by atoms with Crippen molar-refractivity contribution in [2.24, 2.45) is 4.99 Å². The maximum atomic E-state index is 11.5. The van der Waals surface area contributed by atoms with Crippen LogP contribution in [0.15, 0.2) is 29.3 Å². The summed E-state index contributed by atoms with van der Waals surface area (Å²) in [5.41, 5.74) is 2.34. The number of guanidine groups is 1. The van der Waals surface area contributed by atoms with Gasteiger partial charge in [-0.25, -0.2) is 13.4 Å². The number of hydrogen-bond acceptors (Lipinski definition) is 3. The number of halogens is 1. The number of hydrogen-bond donors (Lipinski definition) is 2. The molecular weight excluding hydrogens is 413 g/mol. The first-order chi connectivity index (χ1) is 9.96. The molecule has 1 rings (SSSR count). The van der Waals surface area contributed by atoms with Crippen molar-refractivity contribution in [2.45, 2.75) is 27.3 Å². The molecule has 1 aromatic rings. The smallest absolute Gasteiger partial charge is 0.191 e. The molecule has 126 valence electrons. The van der Waals surface area contributed by atoms with Crippen molar-refractivity contribution in [1.29, 1.82) is 0 Å². The Morgan fingerprint density at radius 1 is 1.23 bits per heavy atom. The zero-order valence-corrected chi connectivity index (χ0v) is 16.6. The summed E-state index contributed by atoms with van der Waals surface area (Å²) in [6, 6.07) is 8.18. The van der Waals surface area contributed by atoms with E-state index < -0.39 is 9.84 Å². The summed E-state index contributed by atoms with van der Waals surface area (Å²) in [5.74, 6) is 0.939. The van der Waals surface area contributed by atoms with Crippen LogP contribution < -0.4 is 10.6 Å². The average Bonchev–Trinajstić information content (AvgIpc) is 2.45. The van der Waals surface area contributed by atoms with E-state index in [1.165, 1.54) is 5.56 Å². The molecule has 0 amide bonds. The van der Waals surface area contributed by atoms with Gasteiger partial charge in [0.1, 0.15) is 0 Å². The molecule has 0 radical (unpaired) electrons. The predicted molar refractivity (Wildman–Crippen MR) is 104 cm³/mol. The lowest BCUT2D eigenvalue weighted by atomic mass is 10.1. The second kappa shape index (κ2) is 10.8. The maximum absolute atomic E-state index is 11.5. The van der Waals surface area contributed by atoms with Crippen molar-refractivity contribution in [2.75, 3.05) is 24.6 Å². The van der Waals surface area contributed by atoms with E-state index in [9.17, 15) is 8.42 Å². The van der Waals surface area contributed by atoms with Gasteiger partial charge in [0.25, 0.3) is 0 Å². The summed E-state index contributed by atoms with van der Waals surface area (Å²) in [5, 5.41) is 6.17. The highest BCUT2D eigenvalue weighted by atomic mass is 127. The molecule has 0 saturated heterocycles. The second-order valence-electron chi connectivity index (χ2n) is 4.85. The van der Waals surface area contributed by atoms with E-state index in [0.29, 0.717) is 19.0 Å². The third-order valence-electron chi connectivity index (χ3n) is 2.99. The summed E-state index contributed by atoms with van der Waals surface area (Å²) in [6.45, 7) is 7.36. The maximum Gasteiger partial charge on any atom is 0.191 e. The van der Waals surface area contributed by atoms with Crippen molar-refractivity contribution in [1.82, 2.24) is 10.6 Å². The van der Waals surface area contributed by atoms with E-state index in [2.05, 4.69) is 21.7 Å². The van der Waals surface area contributed by atoms with E-state index in [0.717, 1.165) is 12.1 Å². The van der Waals surface area contributed by atoms with Crippen LogP contribution in [-0.2, 0) is 16.4 Å². The first kappa shape index (κ1) is 21.2. The fourth-order valence-electron chi connectivity index (χ4n) is 1.79. The monoisotopic (exact) mass is 439 g/mol. The Bertz CT molecular complexity index is 574. The summed E-state index contributed by atoms with van der Waals surface area (Å²) in [4.78, 5) is 4.47. The standard InChI is InChI=1S/C15H25N3O2S.HI/c1-4-16-15(17-9-10-21(19,20)5-2)18-12-14-8-6-7-13(3)11-14;/h6-8,11H,4-5,9-10,12H2,1-3H3,(H2,16,17,18);1H. The SMILES string of the molecule is CCNC(=NCc1cccc(C)c1)NCCS(=O)(=O)CC.I.